The molecule has 1 saturated heterocycles. The maximum absolute atomic E-state index is 12.3. The molecule has 3 amide bonds. The Balaban J connectivity index is 2.18. The molecule has 1 N–H and O–H groups in total. The molecule has 0 aliphatic carbocycles. The van der Waals surface area contributed by atoms with Gasteiger partial charge in [0.1, 0.15) is 6.04 Å². The molecule has 1 heterocycles. The second kappa shape index (κ2) is 6.10. The van der Waals surface area contributed by atoms with Crippen LogP contribution in [-0.4, -0.2) is 30.0 Å². The van der Waals surface area contributed by atoms with Crippen molar-refractivity contribution in [3.05, 3.63) is 29.8 Å². The zero-order chi connectivity index (χ0) is 15.6. The van der Waals surface area contributed by atoms with Gasteiger partial charge in [0, 0.05) is 0 Å². The Morgan fingerprint density at radius 2 is 1.81 bits per heavy atom. The molecular formula is C16H22N2O2S. The number of nitrogens with one attached hydrogen (secondary N) is 1. The number of rotatable bonds is 4. The summed E-state index contributed by atoms with van der Waals surface area (Å²) in [6, 6.07) is 6.92. The van der Waals surface area contributed by atoms with E-state index in [4.69, 9.17) is 0 Å². The summed E-state index contributed by atoms with van der Waals surface area (Å²) in [5.41, 5.74) is 1.87. The molecule has 0 bridgehead atoms. The van der Waals surface area contributed by atoms with Crippen LogP contribution < -0.4 is 10.2 Å². The van der Waals surface area contributed by atoms with E-state index in [2.05, 4.69) is 26.1 Å². The number of benzene rings is 1. The highest BCUT2D eigenvalue weighted by Crippen LogP contribution is 2.26. The zero-order valence-corrected chi connectivity index (χ0v) is 13.8. The number of hydrogen-bond acceptors (Lipinski definition) is 3. The quantitative estimate of drug-likeness (QED) is 0.869. The molecular weight excluding hydrogens is 284 g/mol. The first kappa shape index (κ1) is 15.9. The average Bonchev–Trinajstić information content (AvgIpc) is 2.70. The van der Waals surface area contributed by atoms with Crippen molar-refractivity contribution in [3.8, 4) is 0 Å². The van der Waals surface area contributed by atoms with E-state index in [9.17, 15) is 9.59 Å². The average molecular weight is 306 g/mol. The first-order valence-corrected chi connectivity index (χ1v) is 8.48. The number of carbonyl (C=O) groups is 2. The summed E-state index contributed by atoms with van der Waals surface area (Å²) in [6.07, 6.45) is 2.66. The highest BCUT2D eigenvalue weighted by atomic mass is 32.2. The molecule has 1 fully saturated rings. The predicted octanol–water partition coefficient (Wildman–Crippen LogP) is 3.16. The molecule has 1 unspecified atom stereocenters. The maximum Gasteiger partial charge on any atom is 0.329 e. The lowest BCUT2D eigenvalue weighted by atomic mass is 9.87. The largest absolute Gasteiger partial charge is 0.329 e. The van der Waals surface area contributed by atoms with Gasteiger partial charge in [-0.2, -0.15) is 11.8 Å². The monoisotopic (exact) mass is 306 g/mol. The van der Waals surface area contributed by atoms with Gasteiger partial charge in [-0.25, -0.2) is 9.69 Å². The summed E-state index contributed by atoms with van der Waals surface area (Å²) < 4.78 is 0. The van der Waals surface area contributed by atoms with Crippen molar-refractivity contribution in [2.45, 2.75) is 38.6 Å². The van der Waals surface area contributed by atoms with E-state index < -0.39 is 6.04 Å². The topological polar surface area (TPSA) is 49.4 Å². The Hall–Kier alpha value is -1.49. The van der Waals surface area contributed by atoms with Gasteiger partial charge in [0.2, 0.25) is 0 Å². The molecule has 0 spiro atoms. The SMILES string of the molecule is CSCCC1NC(=O)N(c2ccc(C(C)(C)C)cc2)C1=O. The Labute approximate surface area is 130 Å². The zero-order valence-electron chi connectivity index (χ0n) is 13.0. The third kappa shape index (κ3) is 3.40. The van der Waals surface area contributed by atoms with Crippen LogP contribution in [-0.2, 0) is 10.2 Å². The minimum absolute atomic E-state index is 0.0523. The fourth-order valence-corrected chi connectivity index (χ4v) is 2.79. The van der Waals surface area contributed by atoms with Crippen molar-refractivity contribution in [1.82, 2.24) is 5.32 Å². The van der Waals surface area contributed by atoms with Gasteiger partial charge in [0.05, 0.1) is 5.69 Å². The van der Waals surface area contributed by atoms with E-state index in [0.717, 1.165) is 5.75 Å². The molecule has 1 aromatic rings. The Morgan fingerprint density at radius 3 is 2.33 bits per heavy atom. The van der Waals surface area contributed by atoms with Crippen molar-refractivity contribution in [2.24, 2.45) is 0 Å². The summed E-state index contributed by atoms with van der Waals surface area (Å²) >= 11 is 1.67. The molecule has 0 aromatic heterocycles. The van der Waals surface area contributed by atoms with Gasteiger partial charge < -0.3 is 5.32 Å². The number of amides is 3. The van der Waals surface area contributed by atoms with Crippen molar-refractivity contribution in [3.63, 3.8) is 0 Å². The van der Waals surface area contributed by atoms with Gasteiger partial charge in [-0.15, -0.1) is 0 Å². The Bertz CT molecular complexity index is 534. The van der Waals surface area contributed by atoms with Gasteiger partial charge in [-0.05, 0) is 41.5 Å². The van der Waals surface area contributed by atoms with E-state index in [-0.39, 0.29) is 17.4 Å². The molecule has 114 valence electrons. The highest BCUT2D eigenvalue weighted by molar-refractivity contribution is 7.98. The fraction of sp³-hybridized carbons (Fsp3) is 0.500. The summed E-state index contributed by atoms with van der Waals surface area (Å²) in [7, 11) is 0. The smallest absolute Gasteiger partial charge is 0.325 e. The standard InChI is InChI=1S/C16H22N2O2S/c1-16(2,3)11-5-7-12(8-6-11)18-14(19)13(9-10-21-4)17-15(18)20/h5-8,13H,9-10H2,1-4H3,(H,17,20). The van der Waals surface area contributed by atoms with Crippen molar-refractivity contribution >= 4 is 29.4 Å². The van der Waals surface area contributed by atoms with E-state index in [1.54, 1.807) is 11.8 Å². The van der Waals surface area contributed by atoms with E-state index in [0.29, 0.717) is 12.1 Å². The number of thioether (sulfide) groups is 1. The van der Waals surface area contributed by atoms with Crippen molar-refractivity contribution < 1.29 is 9.59 Å². The number of urea groups is 1. The summed E-state index contributed by atoms with van der Waals surface area (Å²) in [4.78, 5) is 25.6. The summed E-state index contributed by atoms with van der Waals surface area (Å²) in [5, 5.41) is 2.76. The van der Waals surface area contributed by atoms with Gasteiger partial charge >= 0.3 is 6.03 Å². The first-order chi connectivity index (χ1) is 9.84. The summed E-state index contributed by atoms with van der Waals surface area (Å²) in [5.74, 6) is 0.700. The van der Waals surface area contributed by atoms with Crippen LogP contribution in [0.1, 0.15) is 32.8 Å². The Morgan fingerprint density at radius 1 is 1.19 bits per heavy atom. The van der Waals surface area contributed by atoms with E-state index in [1.165, 1.54) is 10.5 Å². The van der Waals surface area contributed by atoms with E-state index in [1.807, 2.05) is 30.5 Å². The van der Waals surface area contributed by atoms with Crippen LogP contribution in [0, 0.1) is 0 Å². The number of hydrogen-bond donors (Lipinski definition) is 1. The number of imide groups is 1. The van der Waals surface area contributed by atoms with Crippen molar-refractivity contribution in [1.29, 1.82) is 0 Å². The molecule has 0 saturated carbocycles. The molecule has 0 radical (unpaired) electrons. The van der Waals surface area contributed by atoms with Crippen LogP contribution in [0.5, 0.6) is 0 Å². The van der Waals surface area contributed by atoms with Gasteiger partial charge in [0.15, 0.2) is 0 Å². The van der Waals surface area contributed by atoms with Crippen LogP contribution in [0.15, 0.2) is 24.3 Å². The third-order valence-corrected chi connectivity index (χ3v) is 4.27. The molecule has 5 heteroatoms. The fourth-order valence-electron chi connectivity index (χ4n) is 2.32. The Kier molecular flexibility index (Phi) is 4.61. The van der Waals surface area contributed by atoms with E-state index >= 15 is 0 Å². The van der Waals surface area contributed by atoms with Crippen LogP contribution in [0.2, 0.25) is 0 Å². The molecule has 1 atom stereocenters. The predicted molar refractivity (Wildman–Crippen MR) is 87.9 cm³/mol. The second-order valence-corrected chi connectivity index (χ2v) is 7.24. The molecule has 4 nitrogen and oxygen atoms in total. The van der Waals surface area contributed by atoms with Gasteiger partial charge in [-0.1, -0.05) is 32.9 Å². The maximum atomic E-state index is 12.3. The van der Waals surface area contributed by atoms with Crippen LogP contribution >= 0.6 is 11.8 Å². The molecule has 1 aliphatic heterocycles. The molecule has 1 aromatic carbocycles. The summed E-state index contributed by atoms with van der Waals surface area (Å²) in [6.45, 7) is 6.40. The number of anilines is 1. The third-order valence-electron chi connectivity index (χ3n) is 3.62. The van der Waals surface area contributed by atoms with Crippen LogP contribution in [0.25, 0.3) is 0 Å². The lowest BCUT2D eigenvalue weighted by Gasteiger charge is -2.20. The minimum atomic E-state index is -0.396. The van der Waals surface area contributed by atoms with Gasteiger partial charge in [0.25, 0.3) is 5.91 Å². The molecule has 1 aliphatic rings. The lowest BCUT2D eigenvalue weighted by molar-refractivity contribution is -0.118. The molecule has 2 rings (SSSR count). The van der Waals surface area contributed by atoms with Crippen LogP contribution in [0.3, 0.4) is 0 Å². The first-order valence-electron chi connectivity index (χ1n) is 7.08. The van der Waals surface area contributed by atoms with Crippen LogP contribution in [0.4, 0.5) is 10.5 Å². The highest BCUT2D eigenvalue weighted by Gasteiger charge is 2.38. The van der Waals surface area contributed by atoms with Gasteiger partial charge in [-0.3, -0.25) is 4.79 Å². The molecule has 21 heavy (non-hydrogen) atoms. The minimum Gasteiger partial charge on any atom is -0.325 e. The lowest BCUT2D eigenvalue weighted by Crippen LogP contribution is -2.31. The number of nitrogens with zero attached hydrogens (tertiary/aromatic N) is 1. The number of carbonyl (C=O) groups excluding carboxylic acids is 2. The van der Waals surface area contributed by atoms with Crippen molar-refractivity contribution in [2.75, 3.05) is 16.9 Å². The second-order valence-electron chi connectivity index (χ2n) is 6.25. The normalized spacial score (nSPS) is 19.0.